The summed E-state index contributed by atoms with van der Waals surface area (Å²) < 4.78 is 6.15. The summed E-state index contributed by atoms with van der Waals surface area (Å²) in [6.07, 6.45) is 0.149. The Morgan fingerprint density at radius 2 is 2.00 bits per heavy atom. The van der Waals surface area contributed by atoms with Gasteiger partial charge in [-0.3, -0.25) is 24.3 Å². The van der Waals surface area contributed by atoms with Gasteiger partial charge in [-0.05, 0) is 18.6 Å². The molecular weight excluding hydrogens is 316 g/mol. The molecule has 0 aliphatic rings. The van der Waals surface area contributed by atoms with Gasteiger partial charge in [0.2, 0.25) is 0 Å². The van der Waals surface area contributed by atoms with E-state index in [-0.39, 0.29) is 47.3 Å². The molecule has 9 nitrogen and oxygen atoms in total. The fourth-order valence-corrected chi connectivity index (χ4v) is 2.21. The van der Waals surface area contributed by atoms with Gasteiger partial charge in [-0.25, -0.2) is 0 Å². The number of nitrogens with two attached hydrogens (primary N) is 1. The molecule has 24 heavy (non-hydrogen) atoms. The van der Waals surface area contributed by atoms with Crippen molar-refractivity contribution in [2.75, 3.05) is 12.8 Å². The van der Waals surface area contributed by atoms with E-state index in [1.54, 1.807) is 0 Å². The largest absolute Gasteiger partial charge is 0.468 e. The quantitative estimate of drug-likeness (QED) is 0.476. The summed E-state index contributed by atoms with van der Waals surface area (Å²) in [4.78, 5) is 38.4. The van der Waals surface area contributed by atoms with Crippen molar-refractivity contribution in [2.24, 2.45) is 7.05 Å². The van der Waals surface area contributed by atoms with E-state index in [9.17, 15) is 19.7 Å². The van der Waals surface area contributed by atoms with Gasteiger partial charge in [-0.1, -0.05) is 0 Å². The van der Waals surface area contributed by atoms with Crippen LogP contribution in [0.2, 0.25) is 0 Å². The molecule has 0 saturated heterocycles. The monoisotopic (exact) mass is 332 g/mol. The van der Waals surface area contributed by atoms with Crippen molar-refractivity contribution >= 4 is 17.3 Å². The Bertz CT molecular complexity index is 842. The fourth-order valence-electron chi connectivity index (χ4n) is 2.21. The van der Waals surface area contributed by atoms with Crippen LogP contribution in [0.5, 0.6) is 6.01 Å². The SMILES string of the molecule is COc1nc(N)c(CCC(=O)c2ccc([N+](=O)[O-])cc2)c(=O)n1C. The lowest BCUT2D eigenvalue weighted by molar-refractivity contribution is -0.384. The van der Waals surface area contributed by atoms with Gasteiger partial charge in [0, 0.05) is 31.2 Å². The number of ketones is 1. The first kappa shape index (κ1) is 17.1. The summed E-state index contributed by atoms with van der Waals surface area (Å²) in [5.41, 5.74) is 5.84. The third-order valence-corrected chi connectivity index (χ3v) is 3.56. The number of carbonyl (C=O) groups is 1. The number of Topliss-reactive ketones (excluding diaryl/α,β-unsaturated/α-hetero) is 1. The van der Waals surface area contributed by atoms with Gasteiger partial charge in [0.1, 0.15) is 5.82 Å². The molecule has 2 N–H and O–H groups in total. The smallest absolute Gasteiger partial charge is 0.300 e. The molecule has 126 valence electrons. The molecule has 2 rings (SSSR count). The molecule has 0 saturated carbocycles. The van der Waals surface area contributed by atoms with Gasteiger partial charge in [-0.2, -0.15) is 4.98 Å². The first-order valence-corrected chi connectivity index (χ1v) is 7.02. The van der Waals surface area contributed by atoms with E-state index < -0.39 is 4.92 Å². The second-order valence-corrected chi connectivity index (χ2v) is 5.05. The predicted octanol–water partition coefficient (Wildman–Crippen LogP) is 1.09. The van der Waals surface area contributed by atoms with Crippen LogP contribution < -0.4 is 16.0 Å². The summed E-state index contributed by atoms with van der Waals surface area (Å²) in [7, 11) is 2.87. The fraction of sp³-hybridized carbons (Fsp3) is 0.267. The van der Waals surface area contributed by atoms with E-state index in [2.05, 4.69) is 4.98 Å². The molecule has 0 atom stereocenters. The van der Waals surface area contributed by atoms with E-state index in [0.717, 1.165) is 0 Å². The maximum absolute atomic E-state index is 12.2. The maximum Gasteiger partial charge on any atom is 0.300 e. The molecule has 0 aliphatic heterocycles. The van der Waals surface area contributed by atoms with Crippen LogP contribution >= 0.6 is 0 Å². The highest BCUT2D eigenvalue weighted by atomic mass is 16.6. The Labute approximate surface area is 136 Å². The Hall–Kier alpha value is -3.23. The molecular formula is C15H16N4O5. The van der Waals surface area contributed by atoms with Crippen LogP contribution in [0.1, 0.15) is 22.3 Å². The first-order valence-electron chi connectivity index (χ1n) is 7.02. The lowest BCUT2D eigenvalue weighted by atomic mass is 10.0. The normalized spacial score (nSPS) is 10.4. The molecule has 9 heteroatoms. The van der Waals surface area contributed by atoms with E-state index in [1.807, 2.05) is 0 Å². The van der Waals surface area contributed by atoms with Crippen LogP contribution in [0, 0.1) is 10.1 Å². The van der Waals surface area contributed by atoms with Gasteiger partial charge >= 0.3 is 6.01 Å². The standard InChI is InChI=1S/C15H16N4O5/c1-18-14(21)11(13(16)17-15(18)24-2)7-8-12(20)9-3-5-10(6-4-9)19(22)23/h3-6H,7-8,16H2,1-2H3. The second kappa shape index (κ2) is 6.90. The van der Waals surface area contributed by atoms with Crippen molar-refractivity contribution in [3.05, 3.63) is 55.9 Å². The van der Waals surface area contributed by atoms with Crippen molar-refractivity contribution in [1.82, 2.24) is 9.55 Å². The zero-order valence-corrected chi connectivity index (χ0v) is 13.2. The summed E-state index contributed by atoms with van der Waals surface area (Å²) in [5.74, 6) is -0.228. The maximum atomic E-state index is 12.2. The van der Waals surface area contributed by atoms with Crippen molar-refractivity contribution in [1.29, 1.82) is 0 Å². The van der Waals surface area contributed by atoms with Crippen LogP contribution in [-0.4, -0.2) is 27.4 Å². The van der Waals surface area contributed by atoms with Gasteiger partial charge < -0.3 is 10.5 Å². The third-order valence-electron chi connectivity index (χ3n) is 3.56. The number of nitro groups is 1. The van der Waals surface area contributed by atoms with Crippen LogP contribution in [-0.2, 0) is 13.5 Å². The number of carbonyl (C=O) groups excluding carboxylic acids is 1. The Kier molecular flexibility index (Phi) is 4.93. The van der Waals surface area contributed by atoms with Gasteiger partial charge in [-0.15, -0.1) is 0 Å². The molecule has 0 bridgehead atoms. The number of methoxy groups -OCH3 is 1. The lowest BCUT2D eigenvalue weighted by Crippen LogP contribution is -2.26. The number of hydrogen-bond acceptors (Lipinski definition) is 7. The Morgan fingerprint density at radius 3 is 2.54 bits per heavy atom. The molecule has 0 radical (unpaired) electrons. The van der Waals surface area contributed by atoms with Crippen molar-refractivity contribution < 1.29 is 14.5 Å². The molecule has 2 aromatic rings. The average molecular weight is 332 g/mol. The van der Waals surface area contributed by atoms with E-state index in [4.69, 9.17) is 10.5 Å². The molecule has 1 heterocycles. The molecule has 1 aromatic carbocycles. The van der Waals surface area contributed by atoms with Gasteiger partial charge in [0.15, 0.2) is 5.78 Å². The Morgan fingerprint density at radius 1 is 1.38 bits per heavy atom. The zero-order valence-electron chi connectivity index (χ0n) is 13.2. The summed E-state index contributed by atoms with van der Waals surface area (Å²) in [6, 6.07) is 5.37. The molecule has 0 unspecified atom stereocenters. The third kappa shape index (κ3) is 3.40. The molecule has 0 amide bonds. The van der Waals surface area contributed by atoms with E-state index >= 15 is 0 Å². The highest BCUT2D eigenvalue weighted by Gasteiger charge is 2.15. The number of aromatic nitrogens is 2. The second-order valence-electron chi connectivity index (χ2n) is 5.05. The molecule has 0 fully saturated rings. The first-order chi connectivity index (χ1) is 11.3. The van der Waals surface area contributed by atoms with Crippen LogP contribution in [0.25, 0.3) is 0 Å². The highest BCUT2D eigenvalue weighted by Crippen LogP contribution is 2.16. The number of benzene rings is 1. The van der Waals surface area contributed by atoms with Crippen LogP contribution in [0.3, 0.4) is 0 Å². The predicted molar refractivity (Wildman–Crippen MR) is 86.2 cm³/mol. The molecule has 0 spiro atoms. The van der Waals surface area contributed by atoms with Crippen LogP contribution in [0.4, 0.5) is 11.5 Å². The summed E-state index contributed by atoms with van der Waals surface area (Å²) in [5, 5.41) is 10.6. The van der Waals surface area contributed by atoms with Gasteiger partial charge in [0.05, 0.1) is 17.6 Å². The van der Waals surface area contributed by atoms with E-state index in [1.165, 1.54) is 43.0 Å². The number of anilines is 1. The minimum absolute atomic E-state index is 0.0199. The molecule has 0 aliphatic carbocycles. The van der Waals surface area contributed by atoms with Crippen LogP contribution in [0.15, 0.2) is 29.1 Å². The summed E-state index contributed by atoms with van der Waals surface area (Å²) >= 11 is 0. The number of non-ortho nitro benzene ring substituents is 1. The zero-order chi connectivity index (χ0) is 17.9. The molecule has 1 aromatic heterocycles. The number of ether oxygens (including phenoxy) is 1. The van der Waals surface area contributed by atoms with Crippen molar-refractivity contribution in [2.45, 2.75) is 12.8 Å². The highest BCUT2D eigenvalue weighted by molar-refractivity contribution is 5.96. The number of nitro benzene ring substituents is 1. The number of nitrogen functional groups attached to an aromatic ring is 1. The van der Waals surface area contributed by atoms with Crippen molar-refractivity contribution in [3.63, 3.8) is 0 Å². The number of nitrogens with zero attached hydrogens (tertiary/aromatic N) is 3. The topological polar surface area (TPSA) is 130 Å². The minimum Gasteiger partial charge on any atom is -0.468 e. The number of hydrogen-bond donors (Lipinski definition) is 1. The van der Waals surface area contributed by atoms with E-state index in [0.29, 0.717) is 5.56 Å². The Balaban J connectivity index is 2.16. The average Bonchev–Trinajstić information content (AvgIpc) is 2.57. The lowest BCUT2D eigenvalue weighted by Gasteiger charge is -2.10. The van der Waals surface area contributed by atoms with Crippen molar-refractivity contribution in [3.8, 4) is 6.01 Å². The minimum atomic E-state index is -0.540. The van der Waals surface area contributed by atoms with Gasteiger partial charge in [0.25, 0.3) is 11.2 Å². The summed E-state index contributed by atoms with van der Waals surface area (Å²) in [6.45, 7) is 0. The number of rotatable bonds is 6.